The van der Waals surface area contributed by atoms with Gasteiger partial charge < -0.3 is 15.4 Å². The number of aromatic nitrogens is 2. The lowest BCUT2D eigenvalue weighted by molar-refractivity contribution is -0.113. The van der Waals surface area contributed by atoms with Crippen molar-refractivity contribution in [2.75, 3.05) is 29.5 Å². The summed E-state index contributed by atoms with van der Waals surface area (Å²) in [6.45, 7) is 5.63. The van der Waals surface area contributed by atoms with Crippen LogP contribution in [-0.4, -0.2) is 41.1 Å². The van der Waals surface area contributed by atoms with Crippen molar-refractivity contribution in [2.24, 2.45) is 0 Å². The Bertz CT molecular complexity index is 729. The van der Waals surface area contributed by atoms with Gasteiger partial charge in [-0.15, -0.1) is 10.2 Å². The fourth-order valence-corrected chi connectivity index (χ4v) is 4.17. The summed E-state index contributed by atoms with van der Waals surface area (Å²) in [4.78, 5) is 12.1. The van der Waals surface area contributed by atoms with Crippen LogP contribution in [0.4, 0.5) is 10.8 Å². The predicted octanol–water partition coefficient (Wildman–Crippen LogP) is 3.48. The molecule has 0 radical (unpaired) electrons. The summed E-state index contributed by atoms with van der Waals surface area (Å²) in [5, 5.41) is 15.2. The van der Waals surface area contributed by atoms with Crippen LogP contribution in [0, 0.1) is 13.8 Å². The quantitative estimate of drug-likeness (QED) is 0.719. The molecule has 2 aromatic rings. The summed E-state index contributed by atoms with van der Waals surface area (Å²) in [6, 6.07) is 5.98. The van der Waals surface area contributed by atoms with Gasteiger partial charge in [-0.25, -0.2) is 0 Å². The van der Waals surface area contributed by atoms with Crippen molar-refractivity contribution in [1.82, 2.24) is 10.2 Å². The number of carbonyl (C=O) groups excluding carboxylic acids is 1. The van der Waals surface area contributed by atoms with E-state index in [0.717, 1.165) is 46.7 Å². The molecule has 1 fully saturated rings. The van der Waals surface area contributed by atoms with Gasteiger partial charge in [-0.2, -0.15) is 0 Å². The molecule has 1 unspecified atom stereocenters. The summed E-state index contributed by atoms with van der Waals surface area (Å²) in [7, 11) is 0. The molecule has 2 N–H and O–H groups in total. The Kier molecular flexibility index (Phi) is 6.28. The van der Waals surface area contributed by atoms with Gasteiger partial charge in [0.25, 0.3) is 0 Å². The first-order chi connectivity index (χ1) is 12.1. The van der Waals surface area contributed by atoms with E-state index in [1.807, 2.05) is 26.0 Å². The summed E-state index contributed by atoms with van der Waals surface area (Å²) in [5.74, 6) is 0.272. The minimum absolute atomic E-state index is 0.0407. The normalized spacial score (nSPS) is 16.8. The van der Waals surface area contributed by atoms with Crippen LogP contribution < -0.4 is 10.6 Å². The van der Waals surface area contributed by atoms with Crippen molar-refractivity contribution in [2.45, 2.75) is 37.1 Å². The Morgan fingerprint density at radius 2 is 2.28 bits per heavy atom. The molecule has 0 spiro atoms. The molecule has 1 saturated heterocycles. The molecule has 1 atom stereocenters. The smallest absolute Gasteiger partial charge is 0.234 e. The molecular weight excluding hydrogens is 356 g/mol. The van der Waals surface area contributed by atoms with Crippen LogP contribution in [-0.2, 0) is 9.53 Å². The monoisotopic (exact) mass is 378 g/mol. The van der Waals surface area contributed by atoms with Gasteiger partial charge in [0, 0.05) is 18.8 Å². The van der Waals surface area contributed by atoms with E-state index < -0.39 is 0 Å². The van der Waals surface area contributed by atoms with E-state index in [0.29, 0.717) is 5.75 Å². The van der Waals surface area contributed by atoms with Gasteiger partial charge >= 0.3 is 0 Å². The van der Waals surface area contributed by atoms with Gasteiger partial charge in [-0.1, -0.05) is 40.8 Å². The Morgan fingerprint density at radius 3 is 3.04 bits per heavy atom. The van der Waals surface area contributed by atoms with E-state index in [2.05, 4.69) is 26.9 Å². The number of benzene rings is 1. The standard InChI is InChI=1S/C17H22N4O2S2/c1-11-5-6-14(12(2)8-11)19-15(22)10-24-17-21-20-16(25-17)18-9-13-4-3-7-23-13/h5-6,8,13H,3-4,7,9-10H2,1-2H3,(H,18,20)(H,19,22). The van der Waals surface area contributed by atoms with Crippen molar-refractivity contribution >= 4 is 39.8 Å². The fraction of sp³-hybridized carbons (Fsp3) is 0.471. The molecule has 134 valence electrons. The highest BCUT2D eigenvalue weighted by Crippen LogP contribution is 2.26. The first-order valence-corrected chi connectivity index (χ1v) is 10.1. The summed E-state index contributed by atoms with van der Waals surface area (Å²) in [5.41, 5.74) is 3.10. The molecule has 2 heterocycles. The molecular formula is C17H22N4O2S2. The molecule has 0 bridgehead atoms. The predicted molar refractivity (Wildman–Crippen MR) is 103 cm³/mol. The molecule has 6 nitrogen and oxygen atoms in total. The van der Waals surface area contributed by atoms with Gasteiger partial charge in [-0.3, -0.25) is 4.79 Å². The second-order valence-electron chi connectivity index (χ2n) is 6.04. The van der Waals surface area contributed by atoms with Crippen molar-refractivity contribution in [3.8, 4) is 0 Å². The van der Waals surface area contributed by atoms with Gasteiger partial charge in [0.05, 0.1) is 11.9 Å². The fourth-order valence-electron chi connectivity index (χ4n) is 2.61. The number of amides is 1. The Hall–Kier alpha value is -1.64. The van der Waals surface area contributed by atoms with Crippen LogP contribution in [0.1, 0.15) is 24.0 Å². The van der Waals surface area contributed by atoms with Gasteiger partial charge in [0.2, 0.25) is 11.0 Å². The number of carbonyl (C=O) groups is 1. The minimum Gasteiger partial charge on any atom is -0.376 e. The molecule has 1 aliphatic heterocycles. The molecule has 25 heavy (non-hydrogen) atoms. The largest absolute Gasteiger partial charge is 0.376 e. The van der Waals surface area contributed by atoms with E-state index in [1.165, 1.54) is 28.7 Å². The number of rotatable bonds is 7. The minimum atomic E-state index is -0.0407. The summed E-state index contributed by atoms with van der Waals surface area (Å²) < 4.78 is 6.35. The maximum Gasteiger partial charge on any atom is 0.234 e. The maximum atomic E-state index is 12.1. The molecule has 1 aliphatic rings. The topological polar surface area (TPSA) is 76.1 Å². The lowest BCUT2D eigenvalue weighted by atomic mass is 10.1. The van der Waals surface area contributed by atoms with Crippen LogP contribution in [0.25, 0.3) is 0 Å². The van der Waals surface area contributed by atoms with Crippen molar-refractivity contribution in [1.29, 1.82) is 0 Å². The van der Waals surface area contributed by atoms with Gasteiger partial charge in [0.15, 0.2) is 4.34 Å². The molecule has 1 aromatic carbocycles. The Balaban J connectivity index is 1.44. The van der Waals surface area contributed by atoms with Crippen LogP contribution in [0.2, 0.25) is 0 Å². The molecule has 3 rings (SSSR count). The first-order valence-electron chi connectivity index (χ1n) is 8.29. The molecule has 1 amide bonds. The van der Waals surface area contributed by atoms with Crippen molar-refractivity contribution in [3.63, 3.8) is 0 Å². The van der Waals surface area contributed by atoms with Crippen LogP contribution in [0.3, 0.4) is 0 Å². The molecule has 8 heteroatoms. The van der Waals surface area contributed by atoms with Crippen LogP contribution in [0.15, 0.2) is 22.5 Å². The van der Waals surface area contributed by atoms with E-state index >= 15 is 0 Å². The number of aryl methyl sites for hydroxylation is 2. The van der Waals surface area contributed by atoms with Gasteiger partial charge in [-0.05, 0) is 38.3 Å². The third-order valence-corrected chi connectivity index (χ3v) is 5.91. The lowest BCUT2D eigenvalue weighted by Crippen LogP contribution is -2.18. The number of hydrogen-bond donors (Lipinski definition) is 2. The summed E-state index contributed by atoms with van der Waals surface area (Å²) in [6.07, 6.45) is 2.48. The number of nitrogens with zero attached hydrogens (tertiary/aromatic N) is 2. The highest BCUT2D eigenvalue weighted by atomic mass is 32.2. The van der Waals surface area contributed by atoms with Crippen LogP contribution in [0.5, 0.6) is 0 Å². The highest BCUT2D eigenvalue weighted by Gasteiger charge is 2.16. The second kappa shape index (κ2) is 8.64. The van der Waals surface area contributed by atoms with E-state index in [-0.39, 0.29) is 12.0 Å². The highest BCUT2D eigenvalue weighted by molar-refractivity contribution is 8.01. The number of anilines is 2. The SMILES string of the molecule is Cc1ccc(NC(=O)CSc2nnc(NCC3CCCO3)s2)c(C)c1. The average Bonchev–Trinajstić information content (AvgIpc) is 3.25. The zero-order valence-corrected chi connectivity index (χ0v) is 16.0. The van der Waals surface area contributed by atoms with Crippen molar-refractivity contribution in [3.05, 3.63) is 29.3 Å². The number of hydrogen-bond acceptors (Lipinski definition) is 7. The van der Waals surface area contributed by atoms with Crippen molar-refractivity contribution < 1.29 is 9.53 Å². The van der Waals surface area contributed by atoms with E-state index in [9.17, 15) is 4.79 Å². The molecule has 1 aromatic heterocycles. The molecule has 0 aliphatic carbocycles. The third-order valence-electron chi connectivity index (χ3n) is 3.89. The zero-order valence-electron chi connectivity index (χ0n) is 14.4. The lowest BCUT2D eigenvalue weighted by Gasteiger charge is -2.08. The average molecular weight is 379 g/mol. The number of thioether (sulfide) groups is 1. The maximum absolute atomic E-state index is 12.1. The van der Waals surface area contributed by atoms with Gasteiger partial charge in [0.1, 0.15) is 0 Å². The third kappa shape index (κ3) is 5.42. The number of ether oxygens (including phenoxy) is 1. The second-order valence-corrected chi connectivity index (χ2v) is 8.24. The van der Waals surface area contributed by atoms with Crippen LogP contribution >= 0.6 is 23.1 Å². The van der Waals surface area contributed by atoms with E-state index in [4.69, 9.17) is 4.74 Å². The Labute approximate surface area is 155 Å². The Morgan fingerprint density at radius 1 is 1.40 bits per heavy atom. The first kappa shape index (κ1) is 18.2. The van der Waals surface area contributed by atoms with E-state index in [1.54, 1.807) is 0 Å². The zero-order chi connectivity index (χ0) is 17.6. The molecule has 0 saturated carbocycles. The number of nitrogens with one attached hydrogen (secondary N) is 2. The summed E-state index contributed by atoms with van der Waals surface area (Å²) >= 11 is 2.86.